The highest BCUT2D eigenvalue weighted by atomic mass is 32.1. The number of hydrogen-bond donors (Lipinski definition) is 2. The molecule has 4 N–H and O–H groups in total. The van der Waals surface area contributed by atoms with Gasteiger partial charge in [0, 0.05) is 24.1 Å². The number of thiocarbonyl (C=S) groups is 1. The molecule has 0 spiro atoms. The molecule has 1 fully saturated rings. The number of benzene rings is 1. The molecule has 0 unspecified atom stereocenters. The fourth-order valence-corrected chi connectivity index (χ4v) is 2.83. The van der Waals surface area contributed by atoms with Gasteiger partial charge in [0.05, 0.1) is 0 Å². The molecule has 0 atom stereocenters. The SMILES string of the molecule is NC(=O)CC1CCN(Cc2ccc(C(N)=S)cc2F)CC1. The van der Waals surface area contributed by atoms with Crippen LogP contribution in [0.3, 0.4) is 0 Å². The second-order valence-electron chi connectivity index (χ2n) is 5.56. The molecule has 1 aromatic carbocycles. The summed E-state index contributed by atoms with van der Waals surface area (Å²) in [6.07, 6.45) is 2.30. The largest absolute Gasteiger partial charge is 0.389 e. The van der Waals surface area contributed by atoms with Crippen LogP contribution in [0.25, 0.3) is 0 Å². The molecular formula is C15H20FN3OS. The molecule has 1 aliphatic rings. The van der Waals surface area contributed by atoms with Gasteiger partial charge in [0.15, 0.2) is 0 Å². The number of piperidine rings is 1. The first kappa shape index (κ1) is 15.9. The minimum atomic E-state index is -0.278. The fourth-order valence-electron chi connectivity index (χ4n) is 2.70. The third-order valence-corrected chi connectivity index (χ3v) is 4.16. The summed E-state index contributed by atoms with van der Waals surface area (Å²) >= 11 is 4.84. The summed E-state index contributed by atoms with van der Waals surface area (Å²) < 4.78 is 14.0. The van der Waals surface area contributed by atoms with Gasteiger partial charge < -0.3 is 11.5 Å². The van der Waals surface area contributed by atoms with E-state index in [1.54, 1.807) is 12.1 Å². The lowest BCUT2D eigenvalue weighted by Gasteiger charge is -2.31. The predicted octanol–water partition coefficient (Wildman–Crippen LogP) is 1.55. The fraction of sp³-hybridized carbons (Fsp3) is 0.467. The van der Waals surface area contributed by atoms with Crippen LogP contribution in [0, 0.1) is 11.7 Å². The first-order valence-corrected chi connectivity index (χ1v) is 7.45. The van der Waals surface area contributed by atoms with Crippen molar-refractivity contribution in [3.63, 3.8) is 0 Å². The summed E-state index contributed by atoms with van der Waals surface area (Å²) in [7, 11) is 0. The van der Waals surface area contributed by atoms with Gasteiger partial charge in [-0.25, -0.2) is 4.39 Å². The quantitative estimate of drug-likeness (QED) is 0.810. The first-order valence-electron chi connectivity index (χ1n) is 7.04. The van der Waals surface area contributed by atoms with Crippen LogP contribution in [0.4, 0.5) is 4.39 Å². The summed E-state index contributed by atoms with van der Waals surface area (Å²) in [5.74, 6) is -0.159. The van der Waals surface area contributed by atoms with Crippen molar-refractivity contribution in [2.45, 2.75) is 25.8 Å². The van der Waals surface area contributed by atoms with Gasteiger partial charge in [0.2, 0.25) is 5.91 Å². The van der Waals surface area contributed by atoms with E-state index in [-0.39, 0.29) is 16.7 Å². The molecule has 0 radical (unpaired) electrons. The molecule has 1 saturated heterocycles. The molecule has 0 aliphatic carbocycles. The number of nitrogens with two attached hydrogens (primary N) is 2. The van der Waals surface area contributed by atoms with Crippen molar-refractivity contribution in [3.8, 4) is 0 Å². The van der Waals surface area contributed by atoms with E-state index in [9.17, 15) is 9.18 Å². The van der Waals surface area contributed by atoms with E-state index < -0.39 is 0 Å². The van der Waals surface area contributed by atoms with Crippen LogP contribution in [0.15, 0.2) is 18.2 Å². The van der Waals surface area contributed by atoms with Crippen LogP contribution in [0.5, 0.6) is 0 Å². The smallest absolute Gasteiger partial charge is 0.217 e. The van der Waals surface area contributed by atoms with E-state index in [2.05, 4.69) is 4.90 Å². The Morgan fingerprint density at radius 1 is 1.33 bits per heavy atom. The minimum absolute atomic E-state index is 0.202. The van der Waals surface area contributed by atoms with Crippen LogP contribution >= 0.6 is 12.2 Å². The van der Waals surface area contributed by atoms with Crippen molar-refractivity contribution >= 4 is 23.1 Å². The molecule has 1 aliphatic heterocycles. The zero-order valence-corrected chi connectivity index (χ0v) is 12.7. The lowest BCUT2D eigenvalue weighted by Crippen LogP contribution is -2.34. The number of halogens is 1. The molecule has 0 bridgehead atoms. The third-order valence-electron chi connectivity index (χ3n) is 3.93. The van der Waals surface area contributed by atoms with Gasteiger partial charge in [-0.1, -0.05) is 24.4 Å². The Labute approximate surface area is 129 Å². The van der Waals surface area contributed by atoms with Gasteiger partial charge >= 0.3 is 0 Å². The van der Waals surface area contributed by atoms with Gasteiger partial charge in [0.25, 0.3) is 0 Å². The van der Waals surface area contributed by atoms with E-state index in [0.717, 1.165) is 25.9 Å². The minimum Gasteiger partial charge on any atom is -0.389 e. The average Bonchev–Trinajstić information content (AvgIpc) is 2.42. The number of carbonyl (C=O) groups excluding carboxylic acids is 1. The first-order chi connectivity index (χ1) is 9.95. The normalized spacial score (nSPS) is 16.8. The lowest BCUT2D eigenvalue weighted by molar-refractivity contribution is -0.119. The Kier molecular flexibility index (Phi) is 5.25. The standard InChI is InChI=1S/C15H20FN3OS/c16-13-8-11(15(18)21)1-2-12(13)9-19-5-3-10(4-6-19)7-14(17)20/h1-2,8,10H,3-7,9H2,(H2,17,20)(H2,18,21). The maximum absolute atomic E-state index is 14.0. The monoisotopic (exact) mass is 309 g/mol. The van der Waals surface area contributed by atoms with Crippen LogP contribution in [0.2, 0.25) is 0 Å². The summed E-state index contributed by atoms with van der Waals surface area (Å²) in [6, 6.07) is 4.87. The van der Waals surface area contributed by atoms with Crippen molar-refractivity contribution in [2.24, 2.45) is 17.4 Å². The van der Waals surface area contributed by atoms with E-state index in [1.165, 1.54) is 6.07 Å². The highest BCUT2D eigenvalue weighted by molar-refractivity contribution is 7.80. The highest BCUT2D eigenvalue weighted by Crippen LogP contribution is 2.22. The maximum atomic E-state index is 14.0. The van der Waals surface area contributed by atoms with Gasteiger partial charge in [-0.05, 0) is 37.9 Å². The number of hydrogen-bond acceptors (Lipinski definition) is 3. The van der Waals surface area contributed by atoms with Gasteiger partial charge in [-0.15, -0.1) is 0 Å². The topological polar surface area (TPSA) is 72.4 Å². The van der Waals surface area contributed by atoms with Gasteiger partial charge in [0.1, 0.15) is 10.8 Å². The number of amides is 1. The molecule has 6 heteroatoms. The van der Waals surface area contributed by atoms with Crippen molar-refractivity contribution in [1.82, 2.24) is 4.90 Å². The van der Waals surface area contributed by atoms with E-state index in [1.807, 2.05) is 0 Å². The van der Waals surface area contributed by atoms with E-state index >= 15 is 0 Å². The molecule has 0 aromatic heterocycles. The second kappa shape index (κ2) is 6.95. The number of likely N-dealkylation sites (tertiary alicyclic amines) is 1. The molecule has 1 heterocycles. The molecule has 1 amide bonds. The Bertz CT molecular complexity index is 542. The summed E-state index contributed by atoms with van der Waals surface area (Å²) in [4.78, 5) is 13.3. The average molecular weight is 309 g/mol. The van der Waals surface area contributed by atoms with Crippen molar-refractivity contribution < 1.29 is 9.18 Å². The summed E-state index contributed by atoms with van der Waals surface area (Å²) in [5, 5.41) is 0. The Balaban J connectivity index is 1.91. The Morgan fingerprint density at radius 2 is 2.00 bits per heavy atom. The Hall–Kier alpha value is -1.53. The van der Waals surface area contributed by atoms with Crippen LogP contribution in [0.1, 0.15) is 30.4 Å². The predicted molar refractivity (Wildman–Crippen MR) is 84.1 cm³/mol. The number of primary amides is 1. The van der Waals surface area contributed by atoms with E-state index in [4.69, 9.17) is 23.7 Å². The van der Waals surface area contributed by atoms with E-state index in [0.29, 0.717) is 30.0 Å². The van der Waals surface area contributed by atoms with Crippen molar-refractivity contribution in [1.29, 1.82) is 0 Å². The highest BCUT2D eigenvalue weighted by Gasteiger charge is 2.21. The zero-order chi connectivity index (χ0) is 15.4. The second-order valence-corrected chi connectivity index (χ2v) is 6.00. The van der Waals surface area contributed by atoms with Crippen molar-refractivity contribution in [3.05, 3.63) is 35.1 Å². The third kappa shape index (κ3) is 4.47. The number of rotatable bonds is 5. The molecule has 2 rings (SSSR count). The molecule has 21 heavy (non-hydrogen) atoms. The molecule has 4 nitrogen and oxygen atoms in total. The summed E-state index contributed by atoms with van der Waals surface area (Å²) in [5.41, 5.74) is 11.9. The van der Waals surface area contributed by atoms with Crippen LogP contribution in [-0.2, 0) is 11.3 Å². The van der Waals surface area contributed by atoms with Crippen molar-refractivity contribution in [2.75, 3.05) is 13.1 Å². The Morgan fingerprint density at radius 3 is 2.52 bits per heavy atom. The number of nitrogens with zero attached hydrogens (tertiary/aromatic N) is 1. The molecular weight excluding hydrogens is 289 g/mol. The molecule has 0 saturated carbocycles. The van der Waals surface area contributed by atoms with Gasteiger partial charge in [-0.3, -0.25) is 9.69 Å². The number of carbonyl (C=O) groups is 1. The molecule has 114 valence electrons. The maximum Gasteiger partial charge on any atom is 0.217 e. The lowest BCUT2D eigenvalue weighted by atomic mass is 9.93. The van der Waals surface area contributed by atoms with Gasteiger partial charge in [-0.2, -0.15) is 0 Å². The van der Waals surface area contributed by atoms with Crippen LogP contribution < -0.4 is 11.5 Å². The molecule has 1 aromatic rings. The summed E-state index contributed by atoms with van der Waals surface area (Å²) in [6.45, 7) is 2.27. The zero-order valence-electron chi connectivity index (χ0n) is 11.8. The van der Waals surface area contributed by atoms with Crippen LogP contribution in [-0.4, -0.2) is 28.9 Å².